The second kappa shape index (κ2) is 11.0. The van der Waals surface area contributed by atoms with Crippen molar-refractivity contribution in [2.75, 3.05) is 25.4 Å². The van der Waals surface area contributed by atoms with Crippen LogP contribution in [0.2, 0.25) is 0 Å². The molecular weight excluding hydrogens is 382 g/mol. The number of guanidine groups is 1. The van der Waals surface area contributed by atoms with Gasteiger partial charge in [0.1, 0.15) is 0 Å². The van der Waals surface area contributed by atoms with Gasteiger partial charge in [0, 0.05) is 37.1 Å². The molecule has 9 heteroatoms. The molecule has 148 valence electrons. The molecule has 7 nitrogen and oxygen atoms in total. The number of nitrogens with one attached hydrogen (secondary N) is 3. The number of aromatic nitrogens is 1. The summed E-state index contributed by atoms with van der Waals surface area (Å²) in [7, 11) is -3.37. The van der Waals surface area contributed by atoms with E-state index in [4.69, 9.17) is 0 Å². The Morgan fingerprint density at radius 2 is 2.00 bits per heavy atom. The maximum Gasteiger partial charge on any atom is 0.213 e. The highest BCUT2D eigenvalue weighted by molar-refractivity contribution is 7.89. The summed E-state index contributed by atoms with van der Waals surface area (Å²) in [5.74, 6) is 0.561. The summed E-state index contributed by atoms with van der Waals surface area (Å²) < 4.78 is 26.8. The highest BCUT2D eigenvalue weighted by atomic mass is 32.2. The molecule has 0 atom stereocenters. The predicted molar refractivity (Wildman–Crippen MR) is 112 cm³/mol. The Balaban J connectivity index is 1.77. The van der Waals surface area contributed by atoms with Crippen LogP contribution in [0.25, 0.3) is 0 Å². The summed E-state index contributed by atoms with van der Waals surface area (Å²) in [5, 5.41) is 7.41. The maximum atomic E-state index is 12.1. The van der Waals surface area contributed by atoms with Crippen molar-refractivity contribution in [1.82, 2.24) is 20.3 Å². The van der Waals surface area contributed by atoms with Crippen LogP contribution in [0.15, 0.2) is 41.5 Å². The fraction of sp³-hybridized carbons (Fsp3) is 0.444. The van der Waals surface area contributed by atoms with E-state index in [0.29, 0.717) is 25.6 Å². The molecule has 2 rings (SSSR count). The number of aliphatic imine (C=N–C) groups is 1. The second-order valence-electron chi connectivity index (χ2n) is 5.93. The fourth-order valence-electron chi connectivity index (χ4n) is 2.29. The van der Waals surface area contributed by atoms with Crippen LogP contribution in [-0.2, 0) is 23.0 Å². The van der Waals surface area contributed by atoms with E-state index in [1.54, 1.807) is 11.3 Å². The van der Waals surface area contributed by atoms with Crippen molar-refractivity contribution in [2.45, 2.75) is 26.8 Å². The average Bonchev–Trinajstić information content (AvgIpc) is 3.06. The van der Waals surface area contributed by atoms with Crippen LogP contribution < -0.4 is 15.4 Å². The van der Waals surface area contributed by atoms with Crippen molar-refractivity contribution in [3.63, 3.8) is 0 Å². The molecule has 1 aromatic carbocycles. The van der Waals surface area contributed by atoms with Gasteiger partial charge in [-0.2, -0.15) is 0 Å². The van der Waals surface area contributed by atoms with Crippen molar-refractivity contribution in [2.24, 2.45) is 4.99 Å². The minimum atomic E-state index is -3.37. The topological polar surface area (TPSA) is 95.5 Å². The second-order valence-corrected chi connectivity index (χ2v) is 9.17. The van der Waals surface area contributed by atoms with Gasteiger partial charge in [0.25, 0.3) is 0 Å². The number of benzene rings is 1. The smallest absolute Gasteiger partial charge is 0.213 e. The Labute approximate surface area is 165 Å². The highest BCUT2D eigenvalue weighted by Crippen LogP contribution is 2.10. The molecule has 27 heavy (non-hydrogen) atoms. The maximum absolute atomic E-state index is 12.1. The third-order valence-electron chi connectivity index (χ3n) is 3.61. The lowest BCUT2D eigenvalue weighted by molar-refractivity contribution is 0.581. The van der Waals surface area contributed by atoms with Gasteiger partial charge >= 0.3 is 0 Å². The minimum Gasteiger partial charge on any atom is -0.357 e. The molecule has 1 aromatic heterocycles. The van der Waals surface area contributed by atoms with Crippen LogP contribution >= 0.6 is 11.3 Å². The zero-order valence-corrected chi connectivity index (χ0v) is 17.4. The fourth-order valence-corrected chi connectivity index (χ4v) is 3.93. The van der Waals surface area contributed by atoms with Crippen molar-refractivity contribution in [3.05, 3.63) is 52.0 Å². The van der Waals surface area contributed by atoms with Crippen LogP contribution in [-0.4, -0.2) is 44.7 Å². The Morgan fingerprint density at radius 3 is 2.67 bits per heavy atom. The molecule has 0 unspecified atom stereocenters. The molecule has 1 heterocycles. The van der Waals surface area contributed by atoms with E-state index in [1.165, 1.54) is 4.88 Å². The van der Waals surface area contributed by atoms with Crippen molar-refractivity contribution in [1.29, 1.82) is 0 Å². The summed E-state index contributed by atoms with van der Waals surface area (Å²) >= 11 is 1.68. The molecule has 0 saturated carbocycles. The number of sulfonamides is 1. The van der Waals surface area contributed by atoms with E-state index in [9.17, 15) is 8.42 Å². The Morgan fingerprint density at radius 1 is 1.22 bits per heavy atom. The quantitative estimate of drug-likeness (QED) is 0.410. The number of thiazole rings is 1. The molecular formula is C18H27N5O2S2. The van der Waals surface area contributed by atoms with Crippen LogP contribution in [0.5, 0.6) is 0 Å². The molecule has 0 aliphatic rings. The van der Waals surface area contributed by atoms with Crippen LogP contribution in [0.4, 0.5) is 0 Å². The van der Waals surface area contributed by atoms with Gasteiger partial charge in [-0.25, -0.2) is 18.1 Å². The van der Waals surface area contributed by atoms with E-state index >= 15 is 0 Å². The molecule has 3 N–H and O–H groups in total. The van der Waals surface area contributed by atoms with Crippen molar-refractivity contribution < 1.29 is 8.42 Å². The first-order chi connectivity index (χ1) is 13.0. The van der Waals surface area contributed by atoms with Gasteiger partial charge in [0.2, 0.25) is 10.0 Å². The zero-order valence-electron chi connectivity index (χ0n) is 15.7. The first-order valence-corrected chi connectivity index (χ1v) is 11.4. The van der Waals surface area contributed by atoms with Gasteiger partial charge in [-0.15, -0.1) is 11.3 Å². The number of rotatable bonds is 10. The number of nitrogens with zero attached hydrogens (tertiary/aromatic N) is 2. The van der Waals surface area contributed by atoms with E-state index in [0.717, 1.165) is 17.0 Å². The van der Waals surface area contributed by atoms with Gasteiger partial charge in [-0.05, 0) is 19.4 Å². The molecule has 0 saturated heterocycles. The lowest BCUT2D eigenvalue weighted by Crippen LogP contribution is -2.39. The Hall–Kier alpha value is -1.97. The third-order valence-corrected chi connectivity index (χ3v) is 5.89. The van der Waals surface area contributed by atoms with E-state index in [1.807, 2.05) is 50.4 Å². The van der Waals surface area contributed by atoms with Crippen LogP contribution in [0.3, 0.4) is 0 Å². The lowest BCUT2D eigenvalue weighted by Gasteiger charge is -2.11. The minimum absolute atomic E-state index is 0.0535. The summed E-state index contributed by atoms with van der Waals surface area (Å²) in [4.78, 5) is 9.87. The number of hydrogen-bond acceptors (Lipinski definition) is 5. The van der Waals surface area contributed by atoms with Gasteiger partial charge in [-0.1, -0.05) is 30.3 Å². The molecule has 0 spiro atoms. The number of hydrogen-bond donors (Lipinski definition) is 3. The predicted octanol–water partition coefficient (Wildman–Crippen LogP) is 1.67. The highest BCUT2D eigenvalue weighted by Gasteiger charge is 2.09. The number of aryl methyl sites for hydroxylation is 1. The normalized spacial score (nSPS) is 12.1. The molecule has 0 amide bonds. The average molecular weight is 410 g/mol. The Kier molecular flexibility index (Phi) is 8.70. The summed E-state index contributed by atoms with van der Waals surface area (Å²) in [6.07, 6.45) is 2.67. The molecule has 0 aliphatic heterocycles. The van der Waals surface area contributed by atoms with Crippen LogP contribution in [0.1, 0.15) is 22.4 Å². The molecule has 0 aliphatic carbocycles. The summed E-state index contributed by atoms with van der Waals surface area (Å²) in [5.41, 5.74) is 0.928. The van der Waals surface area contributed by atoms with Gasteiger partial charge in [0.15, 0.2) is 5.96 Å². The molecule has 0 bridgehead atoms. The SMILES string of the molecule is CCNC(=NCCS(=O)(=O)NCc1ccccc1)NCCc1ncc(C)s1. The zero-order chi connectivity index (χ0) is 19.5. The Bertz CT molecular complexity index is 819. The first kappa shape index (κ1) is 21.3. The standard InChI is InChI=1S/C18H27N5O2S2/c1-3-19-18(20-10-9-17-22-13-15(2)26-17)21-11-12-27(24,25)23-14-16-7-5-4-6-8-16/h4-8,13,23H,3,9-12,14H2,1-2H3,(H2,19,20,21). The van der Waals surface area contributed by atoms with Gasteiger partial charge < -0.3 is 10.6 Å². The van der Waals surface area contributed by atoms with Gasteiger partial charge in [-0.3, -0.25) is 4.99 Å². The largest absolute Gasteiger partial charge is 0.357 e. The monoisotopic (exact) mass is 409 g/mol. The summed E-state index contributed by atoms with van der Waals surface area (Å²) in [6, 6.07) is 9.44. The van der Waals surface area contributed by atoms with Crippen molar-refractivity contribution >= 4 is 27.3 Å². The van der Waals surface area contributed by atoms with Gasteiger partial charge in [0.05, 0.1) is 17.3 Å². The van der Waals surface area contributed by atoms with Crippen LogP contribution in [0, 0.1) is 6.92 Å². The molecule has 0 radical (unpaired) electrons. The van der Waals surface area contributed by atoms with E-state index in [-0.39, 0.29) is 12.3 Å². The summed E-state index contributed by atoms with van der Waals surface area (Å²) in [6.45, 7) is 5.89. The molecule has 0 fully saturated rings. The van der Waals surface area contributed by atoms with E-state index < -0.39 is 10.0 Å². The van der Waals surface area contributed by atoms with E-state index in [2.05, 4.69) is 25.3 Å². The third kappa shape index (κ3) is 8.51. The lowest BCUT2D eigenvalue weighted by atomic mass is 10.2. The van der Waals surface area contributed by atoms with Crippen molar-refractivity contribution in [3.8, 4) is 0 Å². The molecule has 2 aromatic rings. The first-order valence-electron chi connectivity index (χ1n) is 8.93.